The van der Waals surface area contributed by atoms with Gasteiger partial charge in [-0.05, 0) is 29.8 Å². The first-order valence-electron chi connectivity index (χ1n) is 9.34. The van der Waals surface area contributed by atoms with E-state index in [-0.39, 0.29) is 0 Å². The number of anilines is 1. The minimum Gasteiger partial charge on any atom is -0.378 e. The Hall–Kier alpha value is -2.70. The number of nitrogens with zero attached hydrogens (tertiary/aromatic N) is 5. The van der Waals surface area contributed by atoms with Crippen LogP contribution in [0.5, 0.6) is 0 Å². The highest BCUT2D eigenvalue weighted by atomic mass is 35.5. The van der Waals surface area contributed by atoms with Crippen LogP contribution in [0.1, 0.15) is 16.7 Å². The summed E-state index contributed by atoms with van der Waals surface area (Å²) in [5, 5.41) is 5.02. The maximum absolute atomic E-state index is 6.60. The Morgan fingerprint density at radius 1 is 1.07 bits per heavy atom. The molecule has 0 saturated carbocycles. The Bertz CT molecular complexity index is 1070. The number of halogens is 1. The van der Waals surface area contributed by atoms with Gasteiger partial charge in [-0.15, -0.1) is 0 Å². The molecular formula is C21H20ClN5O. The molecule has 0 amide bonds. The van der Waals surface area contributed by atoms with Gasteiger partial charge in [0.1, 0.15) is 5.82 Å². The molecule has 0 spiro atoms. The van der Waals surface area contributed by atoms with Crippen LogP contribution >= 0.6 is 11.6 Å². The molecule has 2 aliphatic rings. The molecule has 0 aliphatic carbocycles. The SMILES string of the molecule is Cn1cc(-c2cc(Cl)c3c(c2)C(c2ccnc(N4CCOCC4)c2)=NC3)cn1. The van der Waals surface area contributed by atoms with Gasteiger partial charge in [-0.2, -0.15) is 5.10 Å². The number of hydrogen-bond donors (Lipinski definition) is 0. The Kier molecular flexibility index (Phi) is 4.37. The van der Waals surface area contributed by atoms with E-state index < -0.39 is 0 Å². The van der Waals surface area contributed by atoms with Gasteiger partial charge in [0, 0.05) is 59.8 Å². The highest BCUT2D eigenvalue weighted by Crippen LogP contribution is 2.34. The number of benzene rings is 1. The summed E-state index contributed by atoms with van der Waals surface area (Å²) in [5.41, 5.74) is 6.30. The summed E-state index contributed by atoms with van der Waals surface area (Å²) >= 11 is 6.60. The monoisotopic (exact) mass is 393 g/mol. The van der Waals surface area contributed by atoms with Crippen LogP contribution in [0.3, 0.4) is 0 Å². The van der Waals surface area contributed by atoms with Crippen LogP contribution < -0.4 is 4.90 Å². The first-order chi connectivity index (χ1) is 13.7. The molecular weight excluding hydrogens is 374 g/mol. The summed E-state index contributed by atoms with van der Waals surface area (Å²) in [6.45, 7) is 3.79. The van der Waals surface area contributed by atoms with E-state index in [9.17, 15) is 0 Å². The number of rotatable bonds is 3. The maximum Gasteiger partial charge on any atom is 0.129 e. The molecule has 1 fully saturated rings. The molecule has 3 aromatic rings. The number of hydrogen-bond acceptors (Lipinski definition) is 5. The first kappa shape index (κ1) is 17.4. The molecule has 6 nitrogen and oxygen atoms in total. The molecule has 1 saturated heterocycles. The molecule has 0 bridgehead atoms. The average Bonchev–Trinajstić information content (AvgIpc) is 3.35. The van der Waals surface area contributed by atoms with Crippen LogP contribution in [-0.4, -0.2) is 46.8 Å². The van der Waals surface area contributed by atoms with Gasteiger partial charge in [-0.1, -0.05) is 11.6 Å². The number of aryl methyl sites for hydroxylation is 1. The second kappa shape index (κ2) is 7.04. The zero-order chi connectivity index (χ0) is 19.1. The van der Waals surface area contributed by atoms with Crippen molar-refractivity contribution in [2.75, 3.05) is 31.2 Å². The van der Waals surface area contributed by atoms with E-state index >= 15 is 0 Å². The molecule has 0 atom stereocenters. The summed E-state index contributed by atoms with van der Waals surface area (Å²) < 4.78 is 7.25. The zero-order valence-corrected chi connectivity index (χ0v) is 16.4. The van der Waals surface area contributed by atoms with Gasteiger partial charge in [0.2, 0.25) is 0 Å². The summed E-state index contributed by atoms with van der Waals surface area (Å²) in [7, 11) is 1.91. The van der Waals surface area contributed by atoms with Crippen LogP contribution in [-0.2, 0) is 18.3 Å². The van der Waals surface area contributed by atoms with E-state index in [2.05, 4.69) is 27.1 Å². The predicted octanol–water partition coefficient (Wildman–Crippen LogP) is 3.32. The van der Waals surface area contributed by atoms with Crippen molar-refractivity contribution in [2.24, 2.45) is 12.0 Å². The van der Waals surface area contributed by atoms with Crippen molar-refractivity contribution in [3.8, 4) is 11.1 Å². The van der Waals surface area contributed by atoms with E-state index in [0.717, 1.165) is 70.7 Å². The van der Waals surface area contributed by atoms with Crippen molar-refractivity contribution < 1.29 is 4.74 Å². The second-order valence-electron chi connectivity index (χ2n) is 7.05. The molecule has 0 unspecified atom stereocenters. The number of pyridine rings is 1. The molecule has 4 heterocycles. The molecule has 1 aromatic carbocycles. The quantitative estimate of drug-likeness (QED) is 0.685. The van der Waals surface area contributed by atoms with E-state index in [0.29, 0.717) is 6.54 Å². The molecule has 0 N–H and O–H groups in total. The number of aliphatic imine (C=N–C) groups is 1. The average molecular weight is 394 g/mol. The van der Waals surface area contributed by atoms with Crippen molar-refractivity contribution in [1.29, 1.82) is 0 Å². The van der Waals surface area contributed by atoms with Gasteiger partial charge in [0.05, 0.1) is 31.7 Å². The zero-order valence-electron chi connectivity index (χ0n) is 15.6. The van der Waals surface area contributed by atoms with Gasteiger partial charge < -0.3 is 9.64 Å². The lowest BCUT2D eigenvalue weighted by Gasteiger charge is -2.28. The van der Waals surface area contributed by atoms with Gasteiger partial charge in [-0.3, -0.25) is 9.67 Å². The Morgan fingerprint density at radius 3 is 2.71 bits per heavy atom. The highest BCUT2D eigenvalue weighted by Gasteiger charge is 2.23. The third kappa shape index (κ3) is 3.08. The molecule has 5 rings (SSSR count). The summed E-state index contributed by atoms with van der Waals surface area (Å²) in [4.78, 5) is 11.6. The number of aromatic nitrogens is 3. The second-order valence-corrected chi connectivity index (χ2v) is 7.46. The van der Waals surface area contributed by atoms with Crippen LogP contribution in [0, 0.1) is 0 Å². The standard InChI is InChI=1S/C21H20ClN5O/c1-26-13-16(11-25-26)15-8-17-18(19(22)9-15)12-24-21(17)14-2-3-23-20(10-14)27-4-6-28-7-5-27/h2-3,8-11,13H,4-7,12H2,1H3. The summed E-state index contributed by atoms with van der Waals surface area (Å²) in [6, 6.07) is 8.30. The van der Waals surface area contributed by atoms with E-state index in [4.69, 9.17) is 21.3 Å². The summed E-state index contributed by atoms with van der Waals surface area (Å²) in [6.07, 6.45) is 5.70. The first-order valence-corrected chi connectivity index (χ1v) is 9.72. The lowest BCUT2D eigenvalue weighted by atomic mass is 9.96. The molecule has 2 aromatic heterocycles. The van der Waals surface area contributed by atoms with Gasteiger partial charge in [0.25, 0.3) is 0 Å². The smallest absolute Gasteiger partial charge is 0.129 e. The fourth-order valence-corrected chi connectivity index (χ4v) is 4.05. The topological polar surface area (TPSA) is 55.5 Å². The third-order valence-electron chi connectivity index (χ3n) is 5.24. The molecule has 142 valence electrons. The Labute approximate surface area is 168 Å². The van der Waals surface area contributed by atoms with E-state index in [1.807, 2.05) is 37.8 Å². The molecule has 28 heavy (non-hydrogen) atoms. The lowest BCUT2D eigenvalue weighted by molar-refractivity contribution is 0.122. The van der Waals surface area contributed by atoms with Crippen LogP contribution in [0.25, 0.3) is 11.1 Å². The van der Waals surface area contributed by atoms with Crippen LogP contribution in [0.2, 0.25) is 5.02 Å². The minimum atomic E-state index is 0.603. The fourth-order valence-electron chi connectivity index (χ4n) is 3.77. The number of morpholine rings is 1. The highest BCUT2D eigenvalue weighted by molar-refractivity contribution is 6.33. The van der Waals surface area contributed by atoms with Crippen molar-refractivity contribution in [3.63, 3.8) is 0 Å². The van der Waals surface area contributed by atoms with E-state index in [1.165, 1.54) is 0 Å². The summed E-state index contributed by atoms with van der Waals surface area (Å²) in [5.74, 6) is 0.964. The largest absolute Gasteiger partial charge is 0.378 e. The molecule has 2 aliphatic heterocycles. The number of ether oxygens (including phenoxy) is 1. The van der Waals surface area contributed by atoms with Gasteiger partial charge in [0.15, 0.2) is 0 Å². The van der Waals surface area contributed by atoms with Crippen molar-refractivity contribution in [2.45, 2.75) is 6.54 Å². The fraction of sp³-hybridized carbons (Fsp3) is 0.286. The normalized spacial score (nSPS) is 16.2. The van der Waals surface area contributed by atoms with Crippen LogP contribution in [0.15, 0.2) is 47.8 Å². The van der Waals surface area contributed by atoms with Crippen molar-refractivity contribution in [1.82, 2.24) is 14.8 Å². The Morgan fingerprint density at radius 2 is 1.93 bits per heavy atom. The van der Waals surface area contributed by atoms with E-state index in [1.54, 1.807) is 4.68 Å². The molecule has 7 heteroatoms. The van der Waals surface area contributed by atoms with Gasteiger partial charge in [-0.25, -0.2) is 4.98 Å². The minimum absolute atomic E-state index is 0.603. The van der Waals surface area contributed by atoms with Crippen molar-refractivity contribution in [3.05, 3.63) is 64.6 Å². The molecule has 0 radical (unpaired) electrons. The third-order valence-corrected chi connectivity index (χ3v) is 5.58. The Balaban J connectivity index is 1.53. The van der Waals surface area contributed by atoms with Crippen LogP contribution in [0.4, 0.5) is 5.82 Å². The predicted molar refractivity (Wildman–Crippen MR) is 110 cm³/mol. The number of fused-ring (bicyclic) bond motifs is 1. The lowest BCUT2D eigenvalue weighted by Crippen LogP contribution is -2.36. The van der Waals surface area contributed by atoms with Crippen molar-refractivity contribution >= 4 is 23.1 Å². The maximum atomic E-state index is 6.60. The van der Waals surface area contributed by atoms with Gasteiger partial charge >= 0.3 is 0 Å².